The van der Waals surface area contributed by atoms with E-state index in [1.807, 2.05) is 30.3 Å². The van der Waals surface area contributed by atoms with Gasteiger partial charge in [-0.25, -0.2) is 4.39 Å². The SMILES string of the molecule is O=C(c1ccccc1F)N1c2ccccc2Sc2ccc(Cl)cc21. The number of carbonyl (C=O) groups excluding carboxylic acids is 1. The van der Waals surface area contributed by atoms with E-state index >= 15 is 0 Å². The van der Waals surface area contributed by atoms with Gasteiger partial charge in [-0.3, -0.25) is 9.69 Å². The lowest BCUT2D eigenvalue weighted by Gasteiger charge is -2.31. The van der Waals surface area contributed by atoms with Gasteiger partial charge in [0, 0.05) is 14.8 Å². The number of anilines is 2. The monoisotopic (exact) mass is 355 g/mol. The van der Waals surface area contributed by atoms with E-state index in [1.165, 1.54) is 17.0 Å². The molecule has 0 atom stereocenters. The van der Waals surface area contributed by atoms with E-state index in [2.05, 4.69) is 0 Å². The standard InChI is InChI=1S/C19H11ClFNOS/c20-12-9-10-18-16(11-12)22(15-7-3-4-8-17(15)24-18)19(23)13-5-1-2-6-14(13)21/h1-11H. The zero-order chi connectivity index (χ0) is 16.7. The van der Waals surface area contributed by atoms with Crippen LogP contribution in [0.4, 0.5) is 15.8 Å². The number of hydrogen-bond acceptors (Lipinski definition) is 2. The maximum absolute atomic E-state index is 14.1. The van der Waals surface area contributed by atoms with Gasteiger partial charge in [-0.05, 0) is 42.5 Å². The van der Waals surface area contributed by atoms with E-state index < -0.39 is 11.7 Å². The molecule has 1 heterocycles. The van der Waals surface area contributed by atoms with E-state index in [0.717, 1.165) is 15.5 Å². The summed E-state index contributed by atoms with van der Waals surface area (Å²) in [5.74, 6) is -0.953. The number of hydrogen-bond donors (Lipinski definition) is 0. The van der Waals surface area contributed by atoms with Gasteiger partial charge in [0.15, 0.2) is 0 Å². The third-order valence-corrected chi connectivity index (χ3v) is 5.16. The van der Waals surface area contributed by atoms with Gasteiger partial charge in [0.1, 0.15) is 5.82 Å². The predicted octanol–water partition coefficient (Wildman–Crippen LogP) is 5.92. The molecule has 0 saturated carbocycles. The summed E-state index contributed by atoms with van der Waals surface area (Å²) in [6.45, 7) is 0. The van der Waals surface area contributed by atoms with Crippen LogP contribution < -0.4 is 4.90 Å². The molecule has 0 aromatic heterocycles. The Hall–Kier alpha value is -2.30. The second kappa shape index (κ2) is 5.96. The molecule has 0 N–H and O–H groups in total. The van der Waals surface area contributed by atoms with Crippen LogP contribution in [0.5, 0.6) is 0 Å². The van der Waals surface area contributed by atoms with Crippen LogP contribution in [0, 0.1) is 5.82 Å². The van der Waals surface area contributed by atoms with Gasteiger partial charge in [0.2, 0.25) is 0 Å². The fourth-order valence-corrected chi connectivity index (χ4v) is 3.91. The van der Waals surface area contributed by atoms with E-state index in [-0.39, 0.29) is 5.56 Å². The lowest BCUT2D eigenvalue weighted by atomic mass is 10.1. The largest absolute Gasteiger partial charge is 0.275 e. The molecule has 2 nitrogen and oxygen atoms in total. The van der Waals surface area contributed by atoms with E-state index in [9.17, 15) is 9.18 Å². The third-order valence-electron chi connectivity index (χ3n) is 3.80. The van der Waals surface area contributed by atoms with E-state index in [0.29, 0.717) is 10.7 Å². The van der Waals surface area contributed by atoms with Gasteiger partial charge >= 0.3 is 0 Å². The highest BCUT2D eigenvalue weighted by Gasteiger charge is 2.30. The van der Waals surface area contributed by atoms with Gasteiger partial charge in [-0.15, -0.1) is 0 Å². The predicted molar refractivity (Wildman–Crippen MR) is 94.9 cm³/mol. The molecule has 24 heavy (non-hydrogen) atoms. The van der Waals surface area contributed by atoms with Gasteiger partial charge in [0.05, 0.1) is 16.9 Å². The summed E-state index contributed by atoms with van der Waals surface area (Å²) in [5, 5.41) is 0.528. The minimum absolute atomic E-state index is 0.0325. The molecule has 1 amide bonds. The molecule has 0 aliphatic carbocycles. The zero-order valence-corrected chi connectivity index (χ0v) is 13.9. The van der Waals surface area contributed by atoms with Gasteiger partial charge in [0.25, 0.3) is 5.91 Å². The maximum atomic E-state index is 14.1. The lowest BCUT2D eigenvalue weighted by Crippen LogP contribution is -2.29. The minimum atomic E-state index is -0.540. The van der Waals surface area contributed by atoms with Crippen molar-refractivity contribution in [3.05, 3.63) is 83.1 Å². The van der Waals surface area contributed by atoms with Crippen molar-refractivity contribution in [3.8, 4) is 0 Å². The van der Waals surface area contributed by atoms with Crippen molar-refractivity contribution in [3.63, 3.8) is 0 Å². The molecular formula is C19H11ClFNOS. The Morgan fingerprint density at radius 3 is 2.46 bits per heavy atom. The summed E-state index contributed by atoms with van der Waals surface area (Å²) in [4.78, 5) is 16.5. The van der Waals surface area contributed by atoms with Crippen molar-refractivity contribution in [2.45, 2.75) is 9.79 Å². The van der Waals surface area contributed by atoms with Crippen LogP contribution in [-0.4, -0.2) is 5.91 Å². The highest BCUT2D eigenvalue weighted by atomic mass is 35.5. The normalized spacial score (nSPS) is 12.5. The molecule has 0 fully saturated rings. The first-order valence-corrected chi connectivity index (χ1v) is 8.50. The molecule has 1 aliphatic rings. The van der Waals surface area contributed by atoms with E-state index in [4.69, 9.17) is 11.6 Å². The summed E-state index contributed by atoms with van der Waals surface area (Å²) < 4.78 is 14.1. The summed E-state index contributed by atoms with van der Waals surface area (Å²) in [7, 11) is 0. The Morgan fingerprint density at radius 2 is 1.62 bits per heavy atom. The molecule has 0 spiro atoms. The first kappa shape index (κ1) is 15.2. The topological polar surface area (TPSA) is 20.3 Å². The number of fused-ring (bicyclic) bond motifs is 2. The Bertz CT molecular complexity index is 960. The fraction of sp³-hybridized carbons (Fsp3) is 0. The van der Waals surface area contributed by atoms with E-state index in [1.54, 1.807) is 36.0 Å². The molecule has 0 bridgehead atoms. The summed E-state index contributed by atoms with van der Waals surface area (Å²) in [6.07, 6.45) is 0. The second-order valence-electron chi connectivity index (χ2n) is 5.30. The Balaban J connectivity index is 1.93. The first-order valence-electron chi connectivity index (χ1n) is 7.30. The van der Waals surface area contributed by atoms with Crippen molar-refractivity contribution >= 4 is 40.6 Å². The van der Waals surface area contributed by atoms with Crippen molar-refractivity contribution < 1.29 is 9.18 Å². The molecule has 4 rings (SSSR count). The van der Waals surface area contributed by atoms with Crippen molar-refractivity contribution in [2.24, 2.45) is 0 Å². The smallest absolute Gasteiger partial charge is 0.265 e. The van der Waals surface area contributed by atoms with Crippen LogP contribution in [0.2, 0.25) is 5.02 Å². The average Bonchev–Trinajstić information content (AvgIpc) is 2.59. The van der Waals surface area contributed by atoms with Crippen molar-refractivity contribution in [2.75, 3.05) is 4.90 Å². The van der Waals surface area contributed by atoms with Crippen LogP contribution in [0.1, 0.15) is 10.4 Å². The Kier molecular flexibility index (Phi) is 3.79. The Labute approximate surface area is 147 Å². The number of amides is 1. The molecule has 5 heteroatoms. The van der Waals surface area contributed by atoms with Crippen molar-refractivity contribution in [1.82, 2.24) is 0 Å². The van der Waals surface area contributed by atoms with Crippen LogP contribution >= 0.6 is 23.4 Å². The van der Waals surface area contributed by atoms with Crippen LogP contribution in [0.15, 0.2) is 76.5 Å². The number of para-hydroxylation sites is 1. The quantitative estimate of drug-likeness (QED) is 0.539. The molecule has 0 saturated heterocycles. The summed E-state index contributed by atoms with van der Waals surface area (Å²) in [6, 6.07) is 19.0. The first-order chi connectivity index (χ1) is 11.6. The molecule has 0 unspecified atom stereocenters. The fourth-order valence-electron chi connectivity index (χ4n) is 2.70. The average molecular weight is 356 g/mol. The van der Waals surface area contributed by atoms with Crippen LogP contribution in [-0.2, 0) is 0 Å². The number of halogens is 2. The Morgan fingerprint density at radius 1 is 0.917 bits per heavy atom. The molecular weight excluding hydrogens is 345 g/mol. The number of benzene rings is 3. The maximum Gasteiger partial charge on any atom is 0.265 e. The van der Waals surface area contributed by atoms with Crippen LogP contribution in [0.3, 0.4) is 0 Å². The van der Waals surface area contributed by atoms with Gasteiger partial charge in [-0.1, -0.05) is 47.6 Å². The molecule has 3 aromatic rings. The molecule has 1 aliphatic heterocycles. The molecule has 118 valence electrons. The third kappa shape index (κ3) is 2.48. The summed E-state index contributed by atoms with van der Waals surface area (Å²) in [5.41, 5.74) is 1.43. The highest BCUT2D eigenvalue weighted by Crippen LogP contribution is 2.49. The number of rotatable bonds is 1. The lowest BCUT2D eigenvalue weighted by molar-refractivity contribution is 0.0994. The molecule has 3 aromatic carbocycles. The van der Waals surface area contributed by atoms with Gasteiger partial charge in [-0.2, -0.15) is 0 Å². The number of nitrogens with zero attached hydrogens (tertiary/aromatic N) is 1. The summed E-state index contributed by atoms with van der Waals surface area (Å²) >= 11 is 7.70. The van der Waals surface area contributed by atoms with Gasteiger partial charge < -0.3 is 0 Å². The molecule has 0 radical (unpaired) electrons. The minimum Gasteiger partial charge on any atom is -0.275 e. The van der Waals surface area contributed by atoms with Crippen molar-refractivity contribution in [1.29, 1.82) is 0 Å². The zero-order valence-electron chi connectivity index (χ0n) is 12.4. The number of carbonyl (C=O) groups is 1. The van der Waals surface area contributed by atoms with Crippen LogP contribution in [0.25, 0.3) is 0 Å². The highest BCUT2D eigenvalue weighted by molar-refractivity contribution is 7.99. The second-order valence-corrected chi connectivity index (χ2v) is 6.82.